The molecule has 4 nitrogen and oxygen atoms in total. The monoisotopic (exact) mass is 273 g/mol. The van der Waals surface area contributed by atoms with E-state index in [9.17, 15) is 9.18 Å². The number of halogens is 1. The summed E-state index contributed by atoms with van der Waals surface area (Å²) in [7, 11) is 1.57. The first-order valence-electron chi connectivity index (χ1n) is 6.13. The zero-order valence-corrected chi connectivity index (χ0v) is 11.5. The van der Waals surface area contributed by atoms with Gasteiger partial charge in [-0.05, 0) is 25.1 Å². The van der Waals surface area contributed by atoms with Gasteiger partial charge in [-0.15, -0.1) is 0 Å². The first-order chi connectivity index (χ1) is 9.49. The Hall–Kier alpha value is -2.37. The molecule has 1 unspecified atom stereocenters. The molecular formula is C15H16FN3O. The fourth-order valence-electron chi connectivity index (χ4n) is 1.69. The quantitative estimate of drug-likeness (QED) is 0.845. The molecule has 2 N–H and O–H groups in total. The van der Waals surface area contributed by atoms with E-state index < -0.39 is 5.82 Å². The largest absolute Gasteiger partial charge is 0.340 e. The van der Waals surface area contributed by atoms with Crippen LogP contribution in [0.4, 0.5) is 4.39 Å². The lowest BCUT2D eigenvalue weighted by Crippen LogP contribution is -2.31. The zero-order chi connectivity index (χ0) is 15.1. The molecule has 104 valence electrons. The lowest BCUT2D eigenvalue weighted by Gasteiger charge is -2.19. The highest BCUT2D eigenvalue weighted by molar-refractivity contribution is 5.96. The van der Waals surface area contributed by atoms with Gasteiger partial charge in [-0.2, -0.15) is 5.26 Å². The van der Waals surface area contributed by atoms with Gasteiger partial charge in [0.05, 0.1) is 24.1 Å². The van der Waals surface area contributed by atoms with Gasteiger partial charge in [0.1, 0.15) is 5.82 Å². The van der Waals surface area contributed by atoms with Crippen LogP contribution in [0.1, 0.15) is 22.8 Å². The molecule has 0 heterocycles. The SMILES string of the molecule is CC(C#N)CN(C)C(=O)c1cc(F)ccc1C#CCN. The van der Waals surface area contributed by atoms with E-state index in [0.29, 0.717) is 5.56 Å². The highest BCUT2D eigenvalue weighted by atomic mass is 19.1. The topological polar surface area (TPSA) is 70.1 Å². The molecule has 0 aliphatic heterocycles. The normalized spacial score (nSPS) is 10.9. The molecule has 1 atom stereocenters. The van der Waals surface area contributed by atoms with Crippen LogP contribution < -0.4 is 5.73 Å². The van der Waals surface area contributed by atoms with Gasteiger partial charge in [-0.3, -0.25) is 4.79 Å². The van der Waals surface area contributed by atoms with E-state index in [2.05, 4.69) is 11.8 Å². The Morgan fingerprint density at radius 1 is 1.55 bits per heavy atom. The van der Waals surface area contributed by atoms with Crippen molar-refractivity contribution in [3.05, 3.63) is 35.1 Å². The van der Waals surface area contributed by atoms with Crippen LogP contribution in [0.15, 0.2) is 18.2 Å². The fourth-order valence-corrected chi connectivity index (χ4v) is 1.69. The number of carbonyl (C=O) groups excluding carboxylic acids is 1. The van der Waals surface area contributed by atoms with Gasteiger partial charge in [0, 0.05) is 19.2 Å². The van der Waals surface area contributed by atoms with Crippen molar-refractivity contribution in [3.63, 3.8) is 0 Å². The molecule has 0 aliphatic rings. The summed E-state index contributed by atoms with van der Waals surface area (Å²) < 4.78 is 13.3. The zero-order valence-electron chi connectivity index (χ0n) is 11.5. The maximum absolute atomic E-state index is 13.3. The minimum atomic E-state index is -0.506. The summed E-state index contributed by atoms with van der Waals surface area (Å²) in [5, 5.41) is 8.77. The number of benzene rings is 1. The van der Waals surface area contributed by atoms with E-state index in [4.69, 9.17) is 11.0 Å². The van der Waals surface area contributed by atoms with Crippen LogP contribution in [0.5, 0.6) is 0 Å². The van der Waals surface area contributed by atoms with Crippen LogP contribution in [0.2, 0.25) is 0 Å². The van der Waals surface area contributed by atoms with Crippen LogP contribution in [0.25, 0.3) is 0 Å². The molecule has 1 amide bonds. The van der Waals surface area contributed by atoms with Crippen LogP contribution in [0.3, 0.4) is 0 Å². The maximum Gasteiger partial charge on any atom is 0.255 e. The number of hydrogen-bond donors (Lipinski definition) is 1. The molecule has 20 heavy (non-hydrogen) atoms. The molecule has 1 rings (SSSR count). The molecule has 0 fully saturated rings. The summed E-state index contributed by atoms with van der Waals surface area (Å²) >= 11 is 0. The maximum atomic E-state index is 13.3. The van der Waals surface area contributed by atoms with Gasteiger partial charge in [-0.1, -0.05) is 11.8 Å². The van der Waals surface area contributed by atoms with Crippen LogP contribution >= 0.6 is 0 Å². The Labute approximate surface area is 118 Å². The summed E-state index contributed by atoms with van der Waals surface area (Å²) in [5.74, 6) is 4.22. The van der Waals surface area contributed by atoms with E-state index in [-0.39, 0.29) is 30.5 Å². The van der Waals surface area contributed by atoms with Gasteiger partial charge in [0.25, 0.3) is 5.91 Å². The van der Waals surface area contributed by atoms with Crippen molar-refractivity contribution in [2.24, 2.45) is 11.7 Å². The summed E-state index contributed by atoms with van der Waals surface area (Å²) in [6.45, 7) is 2.15. The van der Waals surface area contributed by atoms with Crippen molar-refractivity contribution in [1.82, 2.24) is 4.90 Å². The van der Waals surface area contributed by atoms with E-state index >= 15 is 0 Å². The molecule has 0 saturated heterocycles. The average molecular weight is 273 g/mol. The van der Waals surface area contributed by atoms with Crippen LogP contribution in [-0.4, -0.2) is 30.9 Å². The van der Waals surface area contributed by atoms with Crippen LogP contribution in [0, 0.1) is 34.9 Å². The molecule has 1 aromatic carbocycles. The first-order valence-corrected chi connectivity index (χ1v) is 6.13. The second-order valence-corrected chi connectivity index (χ2v) is 4.41. The number of nitrogens with zero attached hydrogens (tertiary/aromatic N) is 2. The summed E-state index contributed by atoms with van der Waals surface area (Å²) in [6, 6.07) is 5.90. The lowest BCUT2D eigenvalue weighted by molar-refractivity contribution is 0.0784. The molecule has 0 radical (unpaired) electrons. The van der Waals surface area contributed by atoms with Gasteiger partial charge in [0.2, 0.25) is 0 Å². The van der Waals surface area contributed by atoms with Gasteiger partial charge < -0.3 is 10.6 Å². The number of nitrogens with two attached hydrogens (primary N) is 1. The van der Waals surface area contributed by atoms with E-state index in [0.717, 1.165) is 6.07 Å². The number of nitriles is 1. The van der Waals surface area contributed by atoms with Crippen molar-refractivity contribution in [2.45, 2.75) is 6.92 Å². The van der Waals surface area contributed by atoms with Crippen molar-refractivity contribution in [3.8, 4) is 17.9 Å². The smallest absolute Gasteiger partial charge is 0.255 e. The Bertz CT molecular complexity index is 595. The van der Waals surface area contributed by atoms with Crippen LogP contribution in [-0.2, 0) is 0 Å². The number of rotatable bonds is 3. The molecular weight excluding hydrogens is 257 g/mol. The first kappa shape index (κ1) is 15.7. The molecule has 1 aromatic rings. The van der Waals surface area contributed by atoms with Crippen molar-refractivity contribution >= 4 is 5.91 Å². The third kappa shape index (κ3) is 4.08. The predicted octanol–water partition coefficient (Wildman–Crippen LogP) is 1.37. The fraction of sp³-hybridized carbons (Fsp3) is 0.333. The Kier molecular flexibility index (Phi) is 5.71. The summed E-state index contributed by atoms with van der Waals surface area (Å²) in [4.78, 5) is 13.7. The predicted molar refractivity (Wildman–Crippen MR) is 74.1 cm³/mol. The number of carbonyl (C=O) groups is 1. The molecule has 0 spiro atoms. The highest BCUT2D eigenvalue weighted by Gasteiger charge is 2.17. The van der Waals surface area contributed by atoms with Gasteiger partial charge >= 0.3 is 0 Å². The second kappa shape index (κ2) is 7.28. The molecule has 0 saturated carbocycles. The third-order valence-electron chi connectivity index (χ3n) is 2.65. The molecule has 5 heteroatoms. The molecule has 0 aliphatic carbocycles. The summed E-state index contributed by atoms with van der Waals surface area (Å²) in [5.41, 5.74) is 5.91. The Balaban J connectivity index is 3.08. The second-order valence-electron chi connectivity index (χ2n) is 4.41. The lowest BCUT2D eigenvalue weighted by atomic mass is 10.1. The van der Waals surface area contributed by atoms with Crippen molar-refractivity contribution < 1.29 is 9.18 Å². The molecule has 0 bridgehead atoms. The van der Waals surface area contributed by atoms with E-state index in [1.54, 1.807) is 14.0 Å². The van der Waals surface area contributed by atoms with E-state index in [1.807, 2.05) is 6.07 Å². The minimum Gasteiger partial charge on any atom is -0.340 e. The van der Waals surface area contributed by atoms with Gasteiger partial charge in [0.15, 0.2) is 0 Å². The highest BCUT2D eigenvalue weighted by Crippen LogP contribution is 2.13. The van der Waals surface area contributed by atoms with Crippen molar-refractivity contribution in [1.29, 1.82) is 5.26 Å². The van der Waals surface area contributed by atoms with E-state index in [1.165, 1.54) is 17.0 Å². The van der Waals surface area contributed by atoms with Gasteiger partial charge in [-0.25, -0.2) is 4.39 Å². The summed E-state index contributed by atoms with van der Waals surface area (Å²) in [6.07, 6.45) is 0. The Morgan fingerprint density at radius 3 is 2.85 bits per heavy atom. The third-order valence-corrected chi connectivity index (χ3v) is 2.65. The minimum absolute atomic E-state index is 0.159. The Morgan fingerprint density at radius 2 is 2.25 bits per heavy atom. The number of amides is 1. The average Bonchev–Trinajstić information content (AvgIpc) is 2.44. The standard InChI is InChI=1S/C15H16FN3O/c1-11(9-18)10-19(2)15(20)14-8-13(16)6-5-12(14)4-3-7-17/h5-6,8,11H,7,10,17H2,1-2H3. The number of hydrogen-bond acceptors (Lipinski definition) is 3. The molecule has 0 aromatic heterocycles. The van der Waals surface area contributed by atoms with Crippen molar-refractivity contribution in [2.75, 3.05) is 20.1 Å².